The van der Waals surface area contributed by atoms with E-state index in [-0.39, 0.29) is 6.04 Å². The van der Waals surface area contributed by atoms with Gasteiger partial charge in [-0.3, -0.25) is 16.0 Å². The van der Waals surface area contributed by atoms with Crippen LogP contribution in [0.4, 0.5) is 0 Å². The van der Waals surface area contributed by atoms with Gasteiger partial charge in [-0.15, -0.1) is 0 Å². The summed E-state index contributed by atoms with van der Waals surface area (Å²) in [6.45, 7) is 2.02. The second-order valence-corrected chi connectivity index (χ2v) is 5.07. The van der Waals surface area contributed by atoms with Gasteiger partial charge in [-0.25, -0.2) is 0 Å². The van der Waals surface area contributed by atoms with Crippen LogP contribution in [0.2, 0.25) is 5.02 Å². The number of benzene rings is 1. The van der Waals surface area contributed by atoms with Gasteiger partial charge in [0, 0.05) is 30.0 Å². The molecule has 0 aliphatic rings. The second-order valence-electron chi connectivity index (χ2n) is 4.66. The Balaban J connectivity index is 2.12. The van der Waals surface area contributed by atoms with E-state index in [1.54, 1.807) is 0 Å². The van der Waals surface area contributed by atoms with E-state index in [2.05, 4.69) is 16.6 Å². The van der Waals surface area contributed by atoms with Gasteiger partial charge in [0.25, 0.3) is 0 Å². The SMILES string of the molecule is Cc1c(Cl)cccc1C(CCc1ccnn1C)NN. The molecule has 4 nitrogen and oxygen atoms in total. The van der Waals surface area contributed by atoms with E-state index in [4.69, 9.17) is 17.4 Å². The standard InChI is InChI=1S/C14H19ClN4/c1-10-12(4-3-5-13(10)15)14(18-16)7-6-11-8-9-17-19(11)2/h3-5,8-9,14,18H,6-7,16H2,1-2H3. The van der Waals surface area contributed by atoms with Crippen LogP contribution in [0, 0.1) is 6.92 Å². The summed E-state index contributed by atoms with van der Waals surface area (Å²) in [5, 5.41) is 4.94. The molecule has 3 N–H and O–H groups in total. The van der Waals surface area contributed by atoms with E-state index < -0.39 is 0 Å². The van der Waals surface area contributed by atoms with Crippen LogP contribution in [0.25, 0.3) is 0 Å². The van der Waals surface area contributed by atoms with Crippen LogP contribution in [0.1, 0.15) is 29.3 Å². The zero-order chi connectivity index (χ0) is 13.8. The number of hydrogen-bond donors (Lipinski definition) is 2. The molecule has 2 rings (SSSR count). The van der Waals surface area contributed by atoms with Crippen molar-refractivity contribution >= 4 is 11.6 Å². The van der Waals surface area contributed by atoms with Crippen molar-refractivity contribution in [2.45, 2.75) is 25.8 Å². The number of rotatable bonds is 5. The number of nitrogens with two attached hydrogens (primary N) is 1. The van der Waals surface area contributed by atoms with Gasteiger partial charge in [0.15, 0.2) is 0 Å². The van der Waals surface area contributed by atoms with Crippen molar-refractivity contribution in [1.29, 1.82) is 0 Å². The average Bonchev–Trinajstić information content (AvgIpc) is 2.80. The normalized spacial score (nSPS) is 12.6. The number of aryl methyl sites for hydroxylation is 2. The fourth-order valence-corrected chi connectivity index (χ4v) is 2.45. The first-order valence-electron chi connectivity index (χ1n) is 6.31. The zero-order valence-electron chi connectivity index (χ0n) is 11.2. The molecule has 1 unspecified atom stereocenters. The highest BCUT2D eigenvalue weighted by molar-refractivity contribution is 6.31. The van der Waals surface area contributed by atoms with Gasteiger partial charge in [0.1, 0.15) is 0 Å². The van der Waals surface area contributed by atoms with Crippen LogP contribution >= 0.6 is 11.6 Å². The number of nitrogens with one attached hydrogen (secondary N) is 1. The van der Waals surface area contributed by atoms with Crippen molar-refractivity contribution < 1.29 is 0 Å². The monoisotopic (exact) mass is 278 g/mol. The molecule has 0 amide bonds. The third kappa shape index (κ3) is 3.15. The average molecular weight is 279 g/mol. The molecule has 0 bridgehead atoms. The van der Waals surface area contributed by atoms with Crippen LogP contribution in [-0.4, -0.2) is 9.78 Å². The molecule has 1 heterocycles. The number of aromatic nitrogens is 2. The fraction of sp³-hybridized carbons (Fsp3) is 0.357. The first-order valence-corrected chi connectivity index (χ1v) is 6.69. The molecule has 0 radical (unpaired) electrons. The van der Waals surface area contributed by atoms with E-state index >= 15 is 0 Å². The van der Waals surface area contributed by atoms with E-state index in [0.717, 1.165) is 29.0 Å². The summed E-state index contributed by atoms with van der Waals surface area (Å²) in [6.07, 6.45) is 3.62. The van der Waals surface area contributed by atoms with E-state index in [0.29, 0.717) is 0 Å². The number of halogens is 1. The predicted octanol–water partition coefficient (Wildman–Crippen LogP) is 2.52. The molecule has 19 heavy (non-hydrogen) atoms. The van der Waals surface area contributed by atoms with Crippen LogP contribution in [0.3, 0.4) is 0 Å². The molecule has 0 aliphatic heterocycles. The minimum absolute atomic E-state index is 0.0913. The lowest BCUT2D eigenvalue weighted by Crippen LogP contribution is -2.29. The quantitative estimate of drug-likeness (QED) is 0.653. The van der Waals surface area contributed by atoms with Crippen molar-refractivity contribution in [2.75, 3.05) is 0 Å². The molecule has 1 aromatic carbocycles. The minimum atomic E-state index is 0.0913. The van der Waals surface area contributed by atoms with Crippen molar-refractivity contribution in [3.8, 4) is 0 Å². The Bertz CT molecular complexity index is 550. The Labute approximate surface area is 118 Å². The third-order valence-corrected chi connectivity index (χ3v) is 3.91. The summed E-state index contributed by atoms with van der Waals surface area (Å²) in [4.78, 5) is 0. The summed E-state index contributed by atoms with van der Waals surface area (Å²) < 4.78 is 1.89. The Morgan fingerprint density at radius 1 is 1.42 bits per heavy atom. The topological polar surface area (TPSA) is 55.9 Å². The summed E-state index contributed by atoms with van der Waals surface area (Å²) in [6, 6.07) is 8.04. The van der Waals surface area contributed by atoms with Gasteiger partial charge in [0.2, 0.25) is 0 Å². The Hall–Kier alpha value is -1.36. The number of nitrogens with zero attached hydrogens (tertiary/aromatic N) is 2. The molecule has 1 atom stereocenters. The molecular formula is C14H19ClN4. The largest absolute Gasteiger partial charge is 0.273 e. The lowest BCUT2D eigenvalue weighted by atomic mass is 9.97. The number of hydrogen-bond acceptors (Lipinski definition) is 3. The van der Waals surface area contributed by atoms with E-state index in [9.17, 15) is 0 Å². The number of hydrazine groups is 1. The molecule has 0 saturated heterocycles. The highest BCUT2D eigenvalue weighted by Crippen LogP contribution is 2.26. The summed E-state index contributed by atoms with van der Waals surface area (Å²) in [7, 11) is 1.95. The summed E-state index contributed by atoms with van der Waals surface area (Å²) in [5.74, 6) is 5.69. The molecule has 0 spiro atoms. The van der Waals surface area contributed by atoms with Crippen molar-refractivity contribution in [1.82, 2.24) is 15.2 Å². The lowest BCUT2D eigenvalue weighted by Gasteiger charge is -2.19. The van der Waals surface area contributed by atoms with Crippen molar-refractivity contribution in [3.63, 3.8) is 0 Å². The maximum absolute atomic E-state index is 6.16. The minimum Gasteiger partial charge on any atom is -0.273 e. The van der Waals surface area contributed by atoms with Gasteiger partial charge in [-0.2, -0.15) is 5.10 Å². The molecule has 0 fully saturated rings. The highest BCUT2D eigenvalue weighted by Gasteiger charge is 2.14. The van der Waals surface area contributed by atoms with Gasteiger partial charge >= 0.3 is 0 Å². The lowest BCUT2D eigenvalue weighted by molar-refractivity contribution is 0.505. The Morgan fingerprint density at radius 2 is 2.21 bits per heavy atom. The van der Waals surface area contributed by atoms with E-state index in [1.807, 2.05) is 43.0 Å². The fourth-order valence-electron chi connectivity index (χ4n) is 2.27. The smallest absolute Gasteiger partial charge is 0.0492 e. The molecular weight excluding hydrogens is 260 g/mol. The Morgan fingerprint density at radius 3 is 2.84 bits per heavy atom. The summed E-state index contributed by atoms with van der Waals surface area (Å²) >= 11 is 6.16. The van der Waals surface area contributed by atoms with Gasteiger partial charge in [-0.1, -0.05) is 23.7 Å². The molecule has 5 heteroatoms. The van der Waals surface area contributed by atoms with Gasteiger partial charge in [-0.05, 0) is 43.0 Å². The molecule has 0 saturated carbocycles. The van der Waals surface area contributed by atoms with Crippen LogP contribution in [-0.2, 0) is 13.5 Å². The van der Waals surface area contributed by atoms with Crippen molar-refractivity contribution in [2.24, 2.45) is 12.9 Å². The summed E-state index contributed by atoms with van der Waals surface area (Å²) in [5.41, 5.74) is 6.31. The Kier molecular flexibility index (Phi) is 4.58. The third-order valence-electron chi connectivity index (χ3n) is 3.50. The maximum Gasteiger partial charge on any atom is 0.0492 e. The predicted molar refractivity (Wildman–Crippen MR) is 77.8 cm³/mol. The van der Waals surface area contributed by atoms with Crippen LogP contribution in [0.15, 0.2) is 30.5 Å². The second kappa shape index (κ2) is 6.19. The van der Waals surface area contributed by atoms with E-state index in [1.165, 1.54) is 5.69 Å². The van der Waals surface area contributed by atoms with Crippen LogP contribution < -0.4 is 11.3 Å². The molecule has 2 aromatic rings. The molecule has 1 aromatic heterocycles. The zero-order valence-corrected chi connectivity index (χ0v) is 12.0. The highest BCUT2D eigenvalue weighted by atomic mass is 35.5. The first kappa shape index (κ1) is 14.1. The van der Waals surface area contributed by atoms with Gasteiger partial charge in [0.05, 0.1) is 0 Å². The molecule has 0 aliphatic carbocycles. The molecule has 102 valence electrons. The van der Waals surface area contributed by atoms with Gasteiger partial charge < -0.3 is 0 Å². The van der Waals surface area contributed by atoms with Crippen LogP contribution in [0.5, 0.6) is 0 Å². The first-order chi connectivity index (χ1) is 9.13. The van der Waals surface area contributed by atoms with Crippen molar-refractivity contribution in [3.05, 3.63) is 52.3 Å². The maximum atomic E-state index is 6.16.